The number of aromatic nitrogens is 1. The van der Waals surface area contributed by atoms with Gasteiger partial charge >= 0.3 is 6.03 Å². The van der Waals surface area contributed by atoms with Crippen molar-refractivity contribution in [2.45, 2.75) is 0 Å². The topological polar surface area (TPSA) is 55.0 Å². The smallest absolute Gasteiger partial charge is 0.324 e. The number of nitrogens with one attached hydrogen (secondary N) is 1. The molecule has 2 aliphatic rings. The van der Waals surface area contributed by atoms with Crippen molar-refractivity contribution in [2.75, 3.05) is 76.3 Å². The van der Waals surface area contributed by atoms with Crippen LogP contribution in [0.5, 0.6) is 0 Å². The highest BCUT2D eigenvalue weighted by Gasteiger charge is 2.29. The molecule has 7 nitrogen and oxygen atoms in total. The number of carbonyl (C=O) groups excluding carboxylic acids is 1. The van der Waals surface area contributed by atoms with E-state index < -0.39 is 0 Å². The zero-order valence-electron chi connectivity index (χ0n) is 16.5. The van der Waals surface area contributed by atoms with E-state index in [9.17, 15) is 4.79 Å². The molecule has 2 amide bonds. The lowest BCUT2D eigenvalue weighted by molar-refractivity contribution is 0.215. The van der Waals surface area contributed by atoms with Gasteiger partial charge < -0.3 is 20.0 Å². The zero-order chi connectivity index (χ0) is 19.7. The third-order valence-electron chi connectivity index (χ3n) is 5.37. The lowest BCUT2D eigenvalue weighted by Crippen LogP contribution is -2.44. The molecular formula is C20H27ClN6O. The lowest BCUT2D eigenvalue weighted by Gasteiger charge is -2.29. The summed E-state index contributed by atoms with van der Waals surface area (Å²) in [7, 11) is 4.04. The highest BCUT2D eigenvalue weighted by Crippen LogP contribution is 2.31. The maximum Gasteiger partial charge on any atom is 0.324 e. The summed E-state index contributed by atoms with van der Waals surface area (Å²) in [5, 5.41) is 4.96. The quantitative estimate of drug-likeness (QED) is 0.830. The Kier molecular flexibility index (Phi) is 5.57. The Hall–Kier alpha value is -2.09. The average Bonchev–Trinajstić information content (AvgIpc) is 3.06. The Balaban J connectivity index is 1.56. The van der Waals surface area contributed by atoms with E-state index in [2.05, 4.69) is 15.1 Å². The van der Waals surface area contributed by atoms with Crippen LogP contribution in [0.4, 0.5) is 16.3 Å². The van der Waals surface area contributed by atoms with Gasteiger partial charge in [-0.2, -0.15) is 0 Å². The summed E-state index contributed by atoms with van der Waals surface area (Å²) in [6.45, 7) is 6.77. The summed E-state index contributed by atoms with van der Waals surface area (Å²) in [4.78, 5) is 25.6. The molecule has 0 atom stereocenters. The fourth-order valence-electron chi connectivity index (χ4n) is 3.74. The molecule has 2 fully saturated rings. The van der Waals surface area contributed by atoms with Crippen LogP contribution in [-0.4, -0.2) is 87.3 Å². The Morgan fingerprint density at radius 1 is 1.14 bits per heavy atom. The number of amides is 2. The molecule has 0 unspecified atom stereocenters. The number of piperazine rings is 1. The largest absolute Gasteiger partial charge is 0.353 e. The molecule has 2 saturated heterocycles. The van der Waals surface area contributed by atoms with Crippen molar-refractivity contribution >= 4 is 40.0 Å². The van der Waals surface area contributed by atoms with Crippen LogP contribution in [0.25, 0.3) is 10.9 Å². The van der Waals surface area contributed by atoms with E-state index in [4.69, 9.17) is 16.6 Å². The second-order valence-corrected chi connectivity index (χ2v) is 8.04. The van der Waals surface area contributed by atoms with Crippen LogP contribution in [-0.2, 0) is 0 Å². The number of urea groups is 1. The van der Waals surface area contributed by atoms with Gasteiger partial charge in [0, 0.05) is 63.4 Å². The number of rotatable bonds is 5. The first-order valence-corrected chi connectivity index (χ1v) is 10.2. The van der Waals surface area contributed by atoms with Gasteiger partial charge in [-0.05, 0) is 38.4 Å². The second-order valence-electron chi connectivity index (χ2n) is 7.63. The van der Waals surface area contributed by atoms with Crippen LogP contribution in [0.15, 0.2) is 24.3 Å². The number of anilines is 2. The van der Waals surface area contributed by atoms with E-state index in [0.717, 1.165) is 68.2 Å². The molecule has 150 valence electrons. The molecule has 1 aromatic carbocycles. The van der Waals surface area contributed by atoms with Crippen molar-refractivity contribution < 1.29 is 4.79 Å². The van der Waals surface area contributed by atoms with Crippen molar-refractivity contribution in [3.05, 3.63) is 29.3 Å². The van der Waals surface area contributed by atoms with E-state index in [0.29, 0.717) is 11.6 Å². The van der Waals surface area contributed by atoms with Gasteiger partial charge in [0.15, 0.2) is 0 Å². The standard InChI is InChI=1S/C20H27ClN6O/c1-24(2)9-10-26-11-12-27(20(26)28)16-3-4-18-15(13-16)14-17(21)19(23-18)25-7-5-22-6-8-25/h3-4,13-14,22H,5-12H2,1-2H3. The summed E-state index contributed by atoms with van der Waals surface area (Å²) >= 11 is 6.55. The molecule has 0 saturated carbocycles. The summed E-state index contributed by atoms with van der Waals surface area (Å²) in [5.41, 5.74) is 1.80. The third-order valence-corrected chi connectivity index (χ3v) is 5.65. The Morgan fingerprint density at radius 3 is 2.68 bits per heavy atom. The summed E-state index contributed by atoms with van der Waals surface area (Å²) in [5.74, 6) is 0.843. The molecule has 0 radical (unpaired) electrons. The van der Waals surface area contributed by atoms with Crippen molar-refractivity contribution in [3.63, 3.8) is 0 Å². The Bertz CT molecular complexity index is 867. The van der Waals surface area contributed by atoms with E-state index in [1.165, 1.54) is 0 Å². The van der Waals surface area contributed by atoms with Gasteiger partial charge in [0.05, 0.1) is 10.5 Å². The summed E-state index contributed by atoms with van der Waals surface area (Å²) < 4.78 is 0. The molecule has 8 heteroatoms. The van der Waals surface area contributed by atoms with Crippen molar-refractivity contribution in [2.24, 2.45) is 0 Å². The Morgan fingerprint density at radius 2 is 1.93 bits per heavy atom. The first-order valence-electron chi connectivity index (χ1n) is 9.80. The third kappa shape index (κ3) is 3.87. The Labute approximate surface area is 170 Å². The minimum absolute atomic E-state index is 0.0673. The number of carbonyl (C=O) groups is 1. The molecule has 3 heterocycles. The molecule has 0 bridgehead atoms. The van der Waals surface area contributed by atoms with Crippen LogP contribution >= 0.6 is 11.6 Å². The number of fused-ring (bicyclic) bond motifs is 1. The molecule has 1 aromatic heterocycles. The van der Waals surface area contributed by atoms with Crippen LogP contribution in [0.3, 0.4) is 0 Å². The maximum absolute atomic E-state index is 12.8. The molecule has 1 N–H and O–H groups in total. The summed E-state index contributed by atoms with van der Waals surface area (Å²) in [6.07, 6.45) is 0. The number of nitrogens with zero attached hydrogens (tertiary/aromatic N) is 5. The van der Waals surface area contributed by atoms with Gasteiger partial charge in [0.1, 0.15) is 5.82 Å². The van der Waals surface area contributed by atoms with Gasteiger partial charge in [-0.1, -0.05) is 11.6 Å². The van der Waals surface area contributed by atoms with Gasteiger partial charge in [0.2, 0.25) is 0 Å². The van der Waals surface area contributed by atoms with Gasteiger partial charge in [-0.25, -0.2) is 9.78 Å². The predicted molar refractivity (Wildman–Crippen MR) is 115 cm³/mol. The SMILES string of the molecule is CN(C)CCN1CCN(c2ccc3nc(N4CCNCC4)c(Cl)cc3c2)C1=O. The zero-order valence-corrected chi connectivity index (χ0v) is 17.2. The normalized spacial score (nSPS) is 18.0. The number of hydrogen-bond donors (Lipinski definition) is 1. The van der Waals surface area contributed by atoms with Crippen LogP contribution in [0.1, 0.15) is 0 Å². The predicted octanol–water partition coefficient (Wildman–Crippen LogP) is 2.10. The molecule has 2 aromatic rings. The fraction of sp³-hybridized carbons (Fsp3) is 0.500. The molecule has 0 spiro atoms. The summed E-state index contributed by atoms with van der Waals surface area (Å²) in [6, 6.07) is 8.02. The minimum Gasteiger partial charge on any atom is -0.353 e. The molecular weight excluding hydrogens is 376 g/mol. The van der Waals surface area contributed by atoms with Crippen LogP contribution in [0, 0.1) is 0 Å². The second kappa shape index (κ2) is 8.11. The number of likely N-dealkylation sites (N-methyl/N-ethyl adjacent to an activating group) is 1. The molecule has 2 aliphatic heterocycles. The van der Waals surface area contributed by atoms with Gasteiger partial charge in [0.25, 0.3) is 0 Å². The molecule has 0 aliphatic carbocycles. The van der Waals surface area contributed by atoms with Crippen molar-refractivity contribution in [1.29, 1.82) is 0 Å². The number of halogens is 1. The monoisotopic (exact) mass is 402 g/mol. The van der Waals surface area contributed by atoms with E-state index >= 15 is 0 Å². The fourth-order valence-corrected chi connectivity index (χ4v) is 4.02. The van der Waals surface area contributed by atoms with E-state index in [-0.39, 0.29) is 6.03 Å². The van der Waals surface area contributed by atoms with E-state index in [1.54, 1.807) is 0 Å². The number of benzene rings is 1. The average molecular weight is 403 g/mol. The number of hydrogen-bond acceptors (Lipinski definition) is 5. The van der Waals surface area contributed by atoms with Crippen molar-refractivity contribution in [3.8, 4) is 0 Å². The maximum atomic E-state index is 12.8. The lowest BCUT2D eigenvalue weighted by atomic mass is 10.2. The molecule has 28 heavy (non-hydrogen) atoms. The van der Waals surface area contributed by atoms with Crippen molar-refractivity contribution in [1.82, 2.24) is 20.1 Å². The van der Waals surface area contributed by atoms with Gasteiger partial charge in [-0.15, -0.1) is 0 Å². The minimum atomic E-state index is 0.0673. The highest BCUT2D eigenvalue weighted by molar-refractivity contribution is 6.33. The van der Waals surface area contributed by atoms with Gasteiger partial charge in [-0.3, -0.25) is 4.90 Å². The molecule has 4 rings (SSSR count). The highest BCUT2D eigenvalue weighted by atomic mass is 35.5. The first-order chi connectivity index (χ1) is 13.5. The van der Waals surface area contributed by atoms with Crippen LogP contribution in [0.2, 0.25) is 5.02 Å². The van der Waals surface area contributed by atoms with E-state index in [1.807, 2.05) is 48.2 Å². The van der Waals surface area contributed by atoms with Crippen LogP contribution < -0.4 is 15.1 Å². The number of pyridine rings is 1. The first kappa shape index (κ1) is 19.2.